The van der Waals surface area contributed by atoms with Gasteiger partial charge in [0.2, 0.25) is 0 Å². The van der Waals surface area contributed by atoms with Crippen molar-refractivity contribution in [3.05, 3.63) is 0 Å². The van der Waals surface area contributed by atoms with E-state index in [0.29, 0.717) is 0 Å². The Hall–Kier alpha value is -0.480. The summed E-state index contributed by atoms with van der Waals surface area (Å²) in [5.74, 6) is 5.96. The van der Waals surface area contributed by atoms with E-state index in [1.807, 2.05) is 6.92 Å². The molecule has 0 saturated heterocycles. The Balaban J connectivity index is 2.84. The largest absolute Gasteiger partial charge is 0.381 e. The van der Waals surface area contributed by atoms with Gasteiger partial charge < -0.3 is 4.74 Å². The van der Waals surface area contributed by atoms with E-state index in [1.54, 1.807) is 0 Å². The maximum Gasteiger partial charge on any atom is 0.0466 e. The Morgan fingerprint density at radius 2 is 1.92 bits per heavy atom. The summed E-state index contributed by atoms with van der Waals surface area (Å²) in [5.41, 5.74) is 0. The molecule has 0 N–H and O–H groups in total. The van der Waals surface area contributed by atoms with Crippen LogP contribution in [0.4, 0.5) is 0 Å². The van der Waals surface area contributed by atoms with Crippen LogP contribution in [0.25, 0.3) is 0 Å². The summed E-state index contributed by atoms with van der Waals surface area (Å²) < 4.78 is 5.35. The molecule has 0 fully saturated rings. The molecule has 0 radical (unpaired) electrons. The van der Waals surface area contributed by atoms with E-state index in [2.05, 4.69) is 18.8 Å². The second-order valence-corrected chi connectivity index (χ2v) is 2.85. The van der Waals surface area contributed by atoms with Gasteiger partial charge >= 0.3 is 0 Å². The third-order valence-corrected chi connectivity index (χ3v) is 1.62. The molecule has 1 heteroatoms. The van der Waals surface area contributed by atoms with Gasteiger partial charge in [-0.1, -0.05) is 13.3 Å². The first kappa shape index (κ1) is 11.5. The summed E-state index contributed by atoms with van der Waals surface area (Å²) in [6.07, 6.45) is 5.83. The molecule has 0 aromatic carbocycles. The highest BCUT2D eigenvalue weighted by atomic mass is 16.5. The Morgan fingerprint density at radius 1 is 1.08 bits per heavy atom. The maximum absolute atomic E-state index is 5.35. The molecule has 0 bridgehead atoms. The second-order valence-electron chi connectivity index (χ2n) is 2.85. The van der Waals surface area contributed by atoms with Crippen molar-refractivity contribution in [3.8, 4) is 11.8 Å². The molecule has 0 saturated carbocycles. The molecule has 0 atom stereocenters. The summed E-state index contributed by atoms with van der Waals surface area (Å²) in [6.45, 7) is 5.86. The van der Waals surface area contributed by atoms with Crippen LogP contribution in [-0.4, -0.2) is 13.2 Å². The molecule has 70 valence electrons. The van der Waals surface area contributed by atoms with Crippen LogP contribution >= 0.6 is 0 Å². The third-order valence-electron chi connectivity index (χ3n) is 1.62. The lowest BCUT2D eigenvalue weighted by Gasteiger charge is -2.00. The lowest BCUT2D eigenvalue weighted by Crippen LogP contribution is -1.95. The number of hydrogen-bond acceptors (Lipinski definition) is 1. The smallest absolute Gasteiger partial charge is 0.0466 e. The van der Waals surface area contributed by atoms with Gasteiger partial charge in [-0.05, 0) is 26.2 Å². The SMILES string of the molecule is CC#CCCCCCOCCC. The zero-order valence-electron chi connectivity index (χ0n) is 8.36. The molecular weight excluding hydrogens is 148 g/mol. The Bertz CT molecular complexity index is 130. The molecule has 0 unspecified atom stereocenters. The highest BCUT2D eigenvalue weighted by Crippen LogP contribution is 1.99. The van der Waals surface area contributed by atoms with Crippen molar-refractivity contribution >= 4 is 0 Å². The fraction of sp³-hybridized carbons (Fsp3) is 0.818. The van der Waals surface area contributed by atoms with E-state index < -0.39 is 0 Å². The van der Waals surface area contributed by atoms with Crippen LogP contribution in [0.3, 0.4) is 0 Å². The van der Waals surface area contributed by atoms with Gasteiger partial charge in [0.1, 0.15) is 0 Å². The molecule has 0 aliphatic rings. The van der Waals surface area contributed by atoms with Crippen LogP contribution in [0.15, 0.2) is 0 Å². The van der Waals surface area contributed by atoms with E-state index in [0.717, 1.165) is 26.1 Å². The molecular formula is C11H20O. The Kier molecular flexibility index (Phi) is 10.1. The summed E-state index contributed by atoms with van der Waals surface area (Å²) >= 11 is 0. The van der Waals surface area contributed by atoms with Gasteiger partial charge in [0.15, 0.2) is 0 Å². The first-order chi connectivity index (χ1) is 5.91. The lowest BCUT2D eigenvalue weighted by molar-refractivity contribution is 0.130. The van der Waals surface area contributed by atoms with Gasteiger partial charge in [-0.3, -0.25) is 0 Å². The molecule has 0 heterocycles. The number of rotatable bonds is 7. The molecule has 1 nitrogen and oxygen atoms in total. The van der Waals surface area contributed by atoms with Crippen molar-refractivity contribution in [1.82, 2.24) is 0 Å². The minimum absolute atomic E-state index is 0.911. The minimum atomic E-state index is 0.911. The van der Waals surface area contributed by atoms with E-state index >= 15 is 0 Å². The van der Waals surface area contributed by atoms with Crippen molar-refractivity contribution in [2.75, 3.05) is 13.2 Å². The van der Waals surface area contributed by atoms with Gasteiger partial charge in [0, 0.05) is 19.6 Å². The maximum atomic E-state index is 5.35. The average Bonchev–Trinajstić information content (AvgIpc) is 2.10. The predicted octanol–water partition coefficient (Wildman–Crippen LogP) is 3.00. The van der Waals surface area contributed by atoms with E-state index in [1.165, 1.54) is 19.3 Å². The highest BCUT2D eigenvalue weighted by Gasteiger charge is 1.87. The fourth-order valence-corrected chi connectivity index (χ4v) is 0.966. The minimum Gasteiger partial charge on any atom is -0.381 e. The van der Waals surface area contributed by atoms with Crippen LogP contribution in [-0.2, 0) is 4.74 Å². The Labute approximate surface area is 76.5 Å². The number of hydrogen-bond donors (Lipinski definition) is 0. The normalized spacial score (nSPS) is 9.17. The summed E-state index contributed by atoms with van der Waals surface area (Å²) in [7, 11) is 0. The lowest BCUT2D eigenvalue weighted by atomic mass is 10.2. The summed E-state index contributed by atoms with van der Waals surface area (Å²) in [5, 5.41) is 0. The van der Waals surface area contributed by atoms with Crippen molar-refractivity contribution in [3.63, 3.8) is 0 Å². The van der Waals surface area contributed by atoms with Crippen LogP contribution in [0.5, 0.6) is 0 Å². The number of unbranched alkanes of at least 4 members (excludes halogenated alkanes) is 3. The summed E-state index contributed by atoms with van der Waals surface area (Å²) in [6, 6.07) is 0. The van der Waals surface area contributed by atoms with Crippen LogP contribution < -0.4 is 0 Å². The molecule has 0 aliphatic heterocycles. The van der Waals surface area contributed by atoms with Crippen molar-refractivity contribution in [1.29, 1.82) is 0 Å². The molecule has 0 aliphatic carbocycles. The molecule has 0 aromatic rings. The zero-order chi connectivity index (χ0) is 9.07. The van der Waals surface area contributed by atoms with E-state index in [9.17, 15) is 0 Å². The number of ether oxygens (including phenoxy) is 1. The quantitative estimate of drug-likeness (QED) is 0.419. The van der Waals surface area contributed by atoms with Crippen molar-refractivity contribution in [2.24, 2.45) is 0 Å². The summed E-state index contributed by atoms with van der Waals surface area (Å²) in [4.78, 5) is 0. The van der Waals surface area contributed by atoms with E-state index in [4.69, 9.17) is 4.74 Å². The second kappa shape index (κ2) is 10.5. The van der Waals surface area contributed by atoms with Crippen molar-refractivity contribution < 1.29 is 4.74 Å². The van der Waals surface area contributed by atoms with E-state index in [-0.39, 0.29) is 0 Å². The first-order valence-electron chi connectivity index (χ1n) is 4.89. The van der Waals surface area contributed by atoms with Crippen LogP contribution in [0.1, 0.15) is 46.0 Å². The van der Waals surface area contributed by atoms with Gasteiger partial charge in [0.25, 0.3) is 0 Å². The molecule has 0 rings (SSSR count). The molecule has 0 amide bonds. The van der Waals surface area contributed by atoms with Gasteiger partial charge in [-0.25, -0.2) is 0 Å². The highest BCUT2D eigenvalue weighted by molar-refractivity contribution is 4.94. The van der Waals surface area contributed by atoms with Gasteiger partial charge in [0.05, 0.1) is 0 Å². The van der Waals surface area contributed by atoms with Crippen LogP contribution in [0, 0.1) is 11.8 Å². The van der Waals surface area contributed by atoms with Gasteiger partial charge in [-0.2, -0.15) is 0 Å². The Morgan fingerprint density at radius 3 is 2.58 bits per heavy atom. The average molecular weight is 168 g/mol. The predicted molar refractivity (Wildman–Crippen MR) is 53.0 cm³/mol. The standard InChI is InChI=1S/C11H20O/c1-3-5-6-7-8-9-11-12-10-4-2/h4,6-11H2,1-2H3. The first-order valence-corrected chi connectivity index (χ1v) is 4.89. The fourth-order valence-electron chi connectivity index (χ4n) is 0.966. The topological polar surface area (TPSA) is 9.23 Å². The monoisotopic (exact) mass is 168 g/mol. The van der Waals surface area contributed by atoms with Crippen molar-refractivity contribution in [2.45, 2.75) is 46.0 Å². The third kappa shape index (κ3) is 9.52. The van der Waals surface area contributed by atoms with Gasteiger partial charge in [-0.15, -0.1) is 11.8 Å². The van der Waals surface area contributed by atoms with Crippen LogP contribution in [0.2, 0.25) is 0 Å². The molecule has 0 aromatic heterocycles. The molecule has 0 spiro atoms. The zero-order valence-corrected chi connectivity index (χ0v) is 8.36. The molecule has 12 heavy (non-hydrogen) atoms.